The van der Waals surface area contributed by atoms with Crippen LogP contribution >= 0.6 is 11.3 Å². The summed E-state index contributed by atoms with van der Waals surface area (Å²) < 4.78 is 11.7. The summed E-state index contributed by atoms with van der Waals surface area (Å²) in [4.78, 5) is 32.4. The number of aromatic nitrogens is 2. The van der Waals surface area contributed by atoms with Crippen molar-refractivity contribution in [1.82, 2.24) is 9.97 Å². The average molecular weight is 457 g/mol. The quantitative estimate of drug-likeness (QED) is 0.546. The number of anilines is 2. The van der Waals surface area contributed by atoms with Crippen LogP contribution in [0.1, 0.15) is 39.3 Å². The molecule has 0 radical (unpaired) electrons. The van der Waals surface area contributed by atoms with Gasteiger partial charge in [0.2, 0.25) is 5.91 Å². The second-order valence-electron chi connectivity index (χ2n) is 7.08. The predicted octanol–water partition coefficient (Wildman–Crippen LogP) is 5.38. The molecule has 1 aliphatic heterocycles. The van der Waals surface area contributed by atoms with Crippen LogP contribution in [0.5, 0.6) is 0 Å². The van der Waals surface area contributed by atoms with Gasteiger partial charge in [0.25, 0.3) is 0 Å². The van der Waals surface area contributed by atoms with Crippen molar-refractivity contribution in [1.29, 1.82) is 0 Å². The Morgan fingerprint density at radius 3 is 2.59 bits per heavy atom. The number of ether oxygens (including phenoxy) is 2. The van der Waals surface area contributed by atoms with E-state index in [1.54, 1.807) is 6.20 Å². The molecular formula is C23H28N4O4S. The van der Waals surface area contributed by atoms with Crippen LogP contribution < -0.4 is 10.6 Å². The van der Waals surface area contributed by atoms with E-state index in [9.17, 15) is 9.59 Å². The van der Waals surface area contributed by atoms with Crippen molar-refractivity contribution in [2.75, 3.05) is 23.8 Å². The van der Waals surface area contributed by atoms with Gasteiger partial charge in [-0.3, -0.25) is 15.1 Å². The number of benzene rings is 1. The molecule has 1 fully saturated rings. The first-order valence-electron chi connectivity index (χ1n) is 10.7. The smallest absolute Gasteiger partial charge is 0.411 e. The SMILES string of the molecule is CC.CC(=O)Nc1nc2ccc(-c3cnc(C)c(NC(=O)OC4CCOCC4)c3)cc2s1. The molecule has 2 amide bonds. The fourth-order valence-electron chi connectivity index (χ4n) is 3.21. The Balaban J connectivity index is 0.00000141. The monoisotopic (exact) mass is 456 g/mol. The highest BCUT2D eigenvalue weighted by molar-refractivity contribution is 7.22. The molecule has 170 valence electrons. The summed E-state index contributed by atoms with van der Waals surface area (Å²) in [6.07, 6.45) is 2.57. The minimum atomic E-state index is -0.484. The van der Waals surface area contributed by atoms with Gasteiger partial charge in [-0.1, -0.05) is 31.3 Å². The molecule has 0 spiro atoms. The normalized spacial score (nSPS) is 13.8. The summed E-state index contributed by atoms with van der Waals surface area (Å²) >= 11 is 1.41. The minimum Gasteiger partial charge on any atom is -0.446 e. The number of hydrogen-bond acceptors (Lipinski definition) is 7. The van der Waals surface area contributed by atoms with Gasteiger partial charge in [-0.15, -0.1) is 0 Å². The molecule has 8 nitrogen and oxygen atoms in total. The standard InChI is InChI=1S/C21H22N4O4S.C2H6/c1-12-18(25-21(27)29-16-5-7-28-8-6-16)9-15(11-22-12)14-3-4-17-19(10-14)30-20(24-17)23-13(2)26;1-2/h3-4,9-11,16H,5-8H2,1-2H3,(H,25,27)(H,23,24,26);1-2H3. The zero-order valence-electron chi connectivity index (χ0n) is 18.7. The highest BCUT2D eigenvalue weighted by Crippen LogP contribution is 2.31. The van der Waals surface area contributed by atoms with Crippen molar-refractivity contribution in [3.8, 4) is 11.1 Å². The highest BCUT2D eigenvalue weighted by Gasteiger charge is 2.19. The third-order valence-electron chi connectivity index (χ3n) is 4.77. The van der Waals surface area contributed by atoms with Gasteiger partial charge in [0.05, 0.1) is 34.8 Å². The highest BCUT2D eigenvalue weighted by atomic mass is 32.1. The van der Waals surface area contributed by atoms with Gasteiger partial charge >= 0.3 is 6.09 Å². The molecule has 1 aromatic carbocycles. The number of hydrogen-bond donors (Lipinski definition) is 2. The van der Waals surface area contributed by atoms with Gasteiger partial charge < -0.3 is 14.8 Å². The second kappa shape index (κ2) is 11.0. The Morgan fingerprint density at radius 1 is 1.12 bits per heavy atom. The number of rotatable bonds is 4. The maximum absolute atomic E-state index is 12.3. The Bertz CT molecular complexity index is 1090. The van der Waals surface area contributed by atoms with E-state index < -0.39 is 6.09 Å². The van der Waals surface area contributed by atoms with E-state index >= 15 is 0 Å². The number of pyridine rings is 1. The van der Waals surface area contributed by atoms with E-state index in [0.717, 1.165) is 21.3 Å². The number of thiazole rings is 1. The van der Waals surface area contributed by atoms with E-state index in [0.29, 0.717) is 42.6 Å². The Labute approximate surface area is 191 Å². The molecule has 1 saturated heterocycles. The molecule has 1 aliphatic rings. The van der Waals surface area contributed by atoms with Crippen LogP contribution in [0, 0.1) is 6.92 Å². The molecule has 9 heteroatoms. The predicted molar refractivity (Wildman–Crippen MR) is 127 cm³/mol. The molecule has 2 aromatic heterocycles. The molecule has 0 aliphatic carbocycles. The molecule has 4 rings (SSSR count). The number of aryl methyl sites for hydroxylation is 1. The number of carbonyl (C=O) groups is 2. The molecule has 3 aromatic rings. The molecule has 32 heavy (non-hydrogen) atoms. The first kappa shape index (κ1) is 23.6. The molecule has 2 N–H and O–H groups in total. The van der Waals surface area contributed by atoms with Crippen LogP contribution in [0.15, 0.2) is 30.5 Å². The maximum Gasteiger partial charge on any atom is 0.411 e. The van der Waals surface area contributed by atoms with Gasteiger partial charge in [-0.2, -0.15) is 0 Å². The molecule has 0 atom stereocenters. The Kier molecular flexibility index (Phi) is 8.13. The van der Waals surface area contributed by atoms with Crippen LogP contribution in [0.25, 0.3) is 21.3 Å². The van der Waals surface area contributed by atoms with Gasteiger partial charge in [-0.05, 0) is 30.7 Å². The number of amides is 2. The minimum absolute atomic E-state index is 0.123. The number of nitrogens with one attached hydrogen (secondary N) is 2. The number of nitrogens with zero attached hydrogens (tertiary/aromatic N) is 2. The molecule has 0 unspecified atom stereocenters. The van der Waals surface area contributed by atoms with Crippen molar-refractivity contribution < 1.29 is 19.1 Å². The summed E-state index contributed by atoms with van der Waals surface area (Å²) in [6.45, 7) is 8.51. The lowest BCUT2D eigenvalue weighted by atomic mass is 10.1. The van der Waals surface area contributed by atoms with Gasteiger partial charge in [0.1, 0.15) is 6.10 Å². The first-order chi connectivity index (χ1) is 15.5. The number of fused-ring (bicyclic) bond motifs is 1. The third kappa shape index (κ3) is 6.02. The van der Waals surface area contributed by atoms with Crippen LogP contribution in [0.3, 0.4) is 0 Å². The zero-order chi connectivity index (χ0) is 23.1. The fraction of sp³-hybridized carbons (Fsp3) is 0.391. The van der Waals surface area contributed by atoms with Gasteiger partial charge in [0.15, 0.2) is 5.13 Å². The summed E-state index contributed by atoms with van der Waals surface area (Å²) in [6, 6.07) is 7.72. The van der Waals surface area contributed by atoms with Crippen LogP contribution in [0.4, 0.5) is 15.6 Å². The van der Waals surface area contributed by atoms with E-state index in [-0.39, 0.29) is 12.0 Å². The van der Waals surface area contributed by atoms with Crippen molar-refractivity contribution in [3.05, 3.63) is 36.2 Å². The van der Waals surface area contributed by atoms with Crippen molar-refractivity contribution in [3.63, 3.8) is 0 Å². The molecule has 0 bridgehead atoms. The van der Waals surface area contributed by atoms with E-state index in [1.807, 2.05) is 45.0 Å². The second-order valence-corrected chi connectivity index (χ2v) is 8.11. The molecule has 0 saturated carbocycles. The third-order valence-corrected chi connectivity index (χ3v) is 5.70. The van der Waals surface area contributed by atoms with E-state index in [2.05, 4.69) is 20.6 Å². The van der Waals surface area contributed by atoms with E-state index in [4.69, 9.17) is 9.47 Å². The van der Waals surface area contributed by atoms with E-state index in [1.165, 1.54) is 18.3 Å². The van der Waals surface area contributed by atoms with Crippen molar-refractivity contribution >= 4 is 44.4 Å². The summed E-state index contributed by atoms with van der Waals surface area (Å²) in [5.41, 5.74) is 3.92. The maximum atomic E-state index is 12.3. The average Bonchev–Trinajstić information content (AvgIpc) is 3.18. The largest absolute Gasteiger partial charge is 0.446 e. The topological polar surface area (TPSA) is 102 Å². The summed E-state index contributed by atoms with van der Waals surface area (Å²) in [7, 11) is 0. The Hall–Kier alpha value is -3.04. The molecular weight excluding hydrogens is 428 g/mol. The van der Waals surface area contributed by atoms with Gasteiger partial charge in [-0.25, -0.2) is 9.78 Å². The summed E-state index contributed by atoms with van der Waals surface area (Å²) in [5, 5.41) is 6.09. The van der Waals surface area contributed by atoms with Crippen molar-refractivity contribution in [2.24, 2.45) is 0 Å². The first-order valence-corrected chi connectivity index (χ1v) is 11.5. The van der Waals surface area contributed by atoms with Crippen LogP contribution in [0.2, 0.25) is 0 Å². The lowest BCUT2D eigenvalue weighted by Crippen LogP contribution is -2.28. The van der Waals surface area contributed by atoms with Crippen LogP contribution in [-0.2, 0) is 14.3 Å². The lowest BCUT2D eigenvalue weighted by Gasteiger charge is -2.22. The van der Waals surface area contributed by atoms with Crippen molar-refractivity contribution in [2.45, 2.75) is 46.6 Å². The Morgan fingerprint density at radius 2 is 1.88 bits per heavy atom. The zero-order valence-corrected chi connectivity index (χ0v) is 19.5. The lowest BCUT2D eigenvalue weighted by molar-refractivity contribution is -0.114. The molecule has 3 heterocycles. The number of carbonyl (C=O) groups excluding carboxylic acids is 2. The summed E-state index contributed by atoms with van der Waals surface area (Å²) in [5.74, 6) is -0.152. The van der Waals surface area contributed by atoms with Gasteiger partial charge in [0, 0.05) is 31.5 Å². The fourth-order valence-corrected chi connectivity index (χ4v) is 4.16. The van der Waals surface area contributed by atoms with Crippen LogP contribution in [-0.4, -0.2) is 41.3 Å².